The van der Waals surface area contributed by atoms with Crippen LogP contribution in [0.1, 0.15) is 0 Å². The first-order valence-corrected chi connectivity index (χ1v) is 17.7. The Bertz CT molecular complexity index is 3190. The van der Waals surface area contributed by atoms with Gasteiger partial charge in [-0.2, -0.15) is 0 Å². The zero-order valence-corrected chi connectivity index (χ0v) is 28.1. The van der Waals surface area contributed by atoms with E-state index in [0.717, 1.165) is 61.5 Å². The fraction of sp³-hybridized carbons (Fsp3) is 0. The molecule has 0 aliphatic heterocycles. The second-order valence-electron chi connectivity index (χ2n) is 13.5. The molecule has 4 heteroatoms. The van der Waals surface area contributed by atoms with Crippen molar-refractivity contribution in [2.75, 3.05) is 0 Å². The minimum Gasteiger partial charge on any atom is -0.298 e. The Morgan fingerprint density at radius 2 is 1.00 bits per heavy atom. The molecule has 0 atom stereocenters. The van der Waals surface area contributed by atoms with E-state index in [1.807, 2.05) is 0 Å². The lowest BCUT2D eigenvalue weighted by Gasteiger charge is -2.16. The molecule has 0 aliphatic rings. The SMILES string of the molecule is c1ccc(-n2c(-c3ccc4nc5c(-c6ccc7ccccc7c6)c6ccccc6c(-c6ccc7ccccc7c6)c5n4c3)nc3ccccc32)cc1. The second-order valence-corrected chi connectivity index (χ2v) is 13.5. The smallest absolute Gasteiger partial charge is 0.147 e. The number of benzene rings is 8. The molecular formula is C48H30N4. The summed E-state index contributed by atoms with van der Waals surface area (Å²) in [6, 6.07) is 62.7. The van der Waals surface area contributed by atoms with Gasteiger partial charge in [0.15, 0.2) is 0 Å². The minimum atomic E-state index is 0.888. The standard InChI is InChI=1S/C48H30N4/c1-2-16-38(17-3-1)52-42-21-11-10-20-41(42)49-48(52)37-26-27-43-50-46-44(35-24-22-31-12-4-6-14-33(31)28-35)39-18-8-9-19-40(39)45(47(46)51(43)30-37)36-25-23-32-13-5-7-15-34(32)29-36/h1-30H. The zero-order valence-electron chi connectivity index (χ0n) is 28.1. The zero-order chi connectivity index (χ0) is 34.2. The summed E-state index contributed by atoms with van der Waals surface area (Å²) in [5.74, 6) is 0.888. The third-order valence-electron chi connectivity index (χ3n) is 10.5. The van der Waals surface area contributed by atoms with Gasteiger partial charge in [-0.05, 0) is 92.0 Å². The molecule has 8 aromatic carbocycles. The fourth-order valence-corrected chi connectivity index (χ4v) is 8.10. The summed E-state index contributed by atoms with van der Waals surface area (Å²) in [4.78, 5) is 10.7. The summed E-state index contributed by atoms with van der Waals surface area (Å²) in [6.45, 7) is 0. The van der Waals surface area contributed by atoms with Gasteiger partial charge in [-0.25, -0.2) is 9.97 Å². The van der Waals surface area contributed by atoms with Crippen molar-refractivity contribution in [3.63, 3.8) is 0 Å². The molecule has 11 aromatic rings. The van der Waals surface area contributed by atoms with Crippen LogP contribution in [-0.4, -0.2) is 18.9 Å². The number of para-hydroxylation sites is 3. The van der Waals surface area contributed by atoms with Gasteiger partial charge in [0.1, 0.15) is 11.5 Å². The van der Waals surface area contributed by atoms with E-state index in [2.05, 4.69) is 191 Å². The molecule has 242 valence electrons. The summed E-state index contributed by atoms with van der Waals surface area (Å²) < 4.78 is 4.55. The molecule has 0 unspecified atom stereocenters. The number of hydrogen-bond donors (Lipinski definition) is 0. The average molecular weight is 663 g/mol. The van der Waals surface area contributed by atoms with Crippen LogP contribution in [0.3, 0.4) is 0 Å². The normalized spacial score (nSPS) is 11.8. The highest BCUT2D eigenvalue weighted by molar-refractivity contribution is 6.21. The lowest BCUT2D eigenvalue weighted by Crippen LogP contribution is -1.98. The number of aromatic nitrogens is 4. The minimum absolute atomic E-state index is 0.888. The van der Waals surface area contributed by atoms with Crippen molar-refractivity contribution < 1.29 is 0 Å². The third-order valence-corrected chi connectivity index (χ3v) is 10.5. The van der Waals surface area contributed by atoms with Crippen molar-refractivity contribution in [3.8, 4) is 39.3 Å². The number of rotatable bonds is 4. The quantitative estimate of drug-likeness (QED) is 0.188. The maximum Gasteiger partial charge on any atom is 0.147 e. The van der Waals surface area contributed by atoms with Crippen LogP contribution in [0, 0.1) is 0 Å². The molecule has 0 spiro atoms. The average Bonchev–Trinajstić information content (AvgIpc) is 3.78. The fourth-order valence-electron chi connectivity index (χ4n) is 8.10. The summed E-state index contributed by atoms with van der Waals surface area (Å²) in [5, 5.41) is 7.24. The van der Waals surface area contributed by atoms with Gasteiger partial charge in [0.2, 0.25) is 0 Å². The van der Waals surface area contributed by atoms with Crippen LogP contribution >= 0.6 is 0 Å². The van der Waals surface area contributed by atoms with Crippen LogP contribution in [-0.2, 0) is 0 Å². The van der Waals surface area contributed by atoms with Gasteiger partial charge in [0, 0.05) is 28.6 Å². The predicted molar refractivity (Wildman–Crippen MR) is 216 cm³/mol. The first-order chi connectivity index (χ1) is 25.8. The van der Waals surface area contributed by atoms with Crippen LogP contribution in [0.15, 0.2) is 182 Å². The Labute approximate surface area is 299 Å². The largest absolute Gasteiger partial charge is 0.298 e. The molecule has 11 rings (SSSR count). The lowest BCUT2D eigenvalue weighted by molar-refractivity contribution is 1.09. The van der Waals surface area contributed by atoms with E-state index in [9.17, 15) is 0 Å². The highest BCUT2D eigenvalue weighted by Gasteiger charge is 2.23. The molecule has 0 fully saturated rings. The van der Waals surface area contributed by atoms with Crippen molar-refractivity contribution in [2.24, 2.45) is 0 Å². The molecule has 52 heavy (non-hydrogen) atoms. The topological polar surface area (TPSA) is 35.1 Å². The second kappa shape index (κ2) is 11.2. The molecule has 3 aromatic heterocycles. The Morgan fingerprint density at radius 1 is 0.423 bits per heavy atom. The maximum atomic E-state index is 5.46. The van der Waals surface area contributed by atoms with Crippen molar-refractivity contribution >= 4 is 60.0 Å². The van der Waals surface area contributed by atoms with Gasteiger partial charge in [-0.3, -0.25) is 8.97 Å². The highest BCUT2D eigenvalue weighted by atomic mass is 15.1. The lowest BCUT2D eigenvalue weighted by atomic mass is 9.89. The van der Waals surface area contributed by atoms with Gasteiger partial charge in [0.25, 0.3) is 0 Å². The Balaban J connectivity index is 1.27. The Kier molecular flexibility index (Phi) is 6.22. The summed E-state index contributed by atoms with van der Waals surface area (Å²) >= 11 is 0. The molecule has 3 heterocycles. The first kappa shape index (κ1) is 28.8. The molecule has 0 aliphatic carbocycles. The van der Waals surface area contributed by atoms with Crippen LogP contribution in [0.25, 0.3) is 99.4 Å². The van der Waals surface area contributed by atoms with E-state index in [1.54, 1.807) is 0 Å². The van der Waals surface area contributed by atoms with Crippen LogP contribution in [0.5, 0.6) is 0 Å². The molecule has 0 radical (unpaired) electrons. The Morgan fingerprint density at radius 3 is 1.73 bits per heavy atom. The monoisotopic (exact) mass is 662 g/mol. The third kappa shape index (κ3) is 4.34. The van der Waals surface area contributed by atoms with Crippen LogP contribution in [0.2, 0.25) is 0 Å². The number of fused-ring (bicyclic) bond motifs is 7. The van der Waals surface area contributed by atoms with E-state index < -0.39 is 0 Å². The van der Waals surface area contributed by atoms with Crippen molar-refractivity contribution in [1.29, 1.82) is 0 Å². The first-order valence-electron chi connectivity index (χ1n) is 17.7. The molecule has 4 nitrogen and oxygen atoms in total. The van der Waals surface area contributed by atoms with E-state index in [0.29, 0.717) is 0 Å². The van der Waals surface area contributed by atoms with Crippen LogP contribution in [0.4, 0.5) is 0 Å². The number of hydrogen-bond acceptors (Lipinski definition) is 2. The van der Waals surface area contributed by atoms with Crippen molar-refractivity contribution in [2.45, 2.75) is 0 Å². The molecule has 0 saturated heterocycles. The summed E-state index contributed by atoms with van der Waals surface area (Å²) in [6.07, 6.45) is 2.23. The number of pyridine rings is 1. The van der Waals surface area contributed by atoms with Crippen LogP contribution < -0.4 is 0 Å². The molecule has 0 bridgehead atoms. The van der Waals surface area contributed by atoms with E-state index in [4.69, 9.17) is 9.97 Å². The molecule has 0 N–H and O–H groups in total. The predicted octanol–water partition coefficient (Wildman–Crippen LogP) is 12.3. The maximum absolute atomic E-state index is 5.46. The van der Waals surface area contributed by atoms with Gasteiger partial charge < -0.3 is 0 Å². The molecule has 0 amide bonds. The van der Waals surface area contributed by atoms with E-state index >= 15 is 0 Å². The Hall–Kier alpha value is -7.04. The summed E-state index contributed by atoms with van der Waals surface area (Å²) in [7, 11) is 0. The van der Waals surface area contributed by atoms with Crippen molar-refractivity contribution in [3.05, 3.63) is 182 Å². The summed E-state index contributed by atoms with van der Waals surface area (Å²) in [5.41, 5.74) is 11.7. The number of nitrogens with zero attached hydrogens (tertiary/aromatic N) is 4. The highest BCUT2D eigenvalue weighted by Crippen LogP contribution is 2.45. The molecule has 0 saturated carbocycles. The van der Waals surface area contributed by atoms with E-state index in [-0.39, 0.29) is 0 Å². The van der Waals surface area contributed by atoms with Gasteiger partial charge in [0.05, 0.1) is 22.1 Å². The van der Waals surface area contributed by atoms with Gasteiger partial charge in [-0.15, -0.1) is 0 Å². The molecular weight excluding hydrogens is 633 g/mol. The van der Waals surface area contributed by atoms with E-state index in [1.165, 1.54) is 37.9 Å². The van der Waals surface area contributed by atoms with Crippen molar-refractivity contribution in [1.82, 2.24) is 18.9 Å². The van der Waals surface area contributed by atoms with Gasteiger partial charge in [-0.1, -0.05) is 127 Å². The van der Waals surface area contributed by atoms with Gasteiger partial charge >= 0.3 is 0 Å². The number of imidazole rings is 2.